The van der Waals surface area contributed by atoms with Gasteiger partial charge in [-0.2, -0.15) is 0 Å². The zero-order chi connectivity index (χ0) is 10.9. The van der Waals surface area contributed by atoms with E-state index in [9.17, 15) is 0 Å². The standard InChI is InChI=1S/C12H26N2O/c1-3-5-13-6-4-7-14-9-12-8-11(2)15-10-12/h11-14H,3-10H2,1-2H3. The Kier molecular flexibility index (Phi) is 6.98. The van der Waals surface area contributed by atoms with E-state index in [0.717, 1.165) is 38.7 Å². The normalized spacial score (nSPS) is 26.0. The van der Waals surface area contributed by atoms with E-state index >= 15 is 0 Å². The Morgan fingerprint density at radius 2 is 2.00 bits per heavy atom. The highest BCUT2D eigenvalue weighted by Crippen LogP contribution is 2.17. The average Bonchev–Trinajstić information content (AvgIpc) is 2.63. The molecule has 0 bridgehead atoms. The van der Waals surface area contributed by atoms with E-state index in [1.807, 2.05) is 0 Å². The Balaban J connectivity index is 1.81. The van der Waals surface area contributed by atoms with Gasteiger partial charge in [-0.25, -0.2) is 0 Å². The van der Waals surface area contributed by atoms with E-state index in [4.69, 9.17) is 4.74 Å². The molecule has 1 aliphatic heterocycles. The average molecular weight is 214 g/mol. The lowest BCUT2D eigenvalue weighted by molar-refractivity contribution is 0.120. The van der Waals surface area contributed by atoms with E-state index < -0.39 is 0 Å². The molecule has 1 aliphatic rings. The number of rotatable bonds is 8. The lowest BCUT2D eigenvalue weighted by Crippen LogP contribution is -2.27. The minimum atomic E-state index is 0.475. The van der Waals surface area contributed by atoms with Crippen LogP contribution in [0.3, 0.4) is 0 Å². The van der Waals surface area contributed by atoms with Gasteiger partial charge in [0.15, 0.2) is 0 Å². The first-order valence-corrected chi connectivity index (χ1v) is 6.36. The summed E-state index contributed by atoms with van der Waals surface area (Å²) in [5.41, 5.74) is 0. The van der Waals surface area contributed by atoms with E-state index in [2.05, 4.69) is 24.5 Å². The van der Waals surface area contributed by atoms with Crippen molar-refractivity contribution in [1.29, 1.82) is 0 Å². The number of hydrogen-bond acceptors (Lipinski definition) is 3. The van der Waals surface area contributed by atoms with Gasteiger partial charge < -0.3 is 15.4 Å². The summed E-state index contributed by atoms with van der Waals surface area (Å²) in [7, 11) is 0. The van der Waals surface area contributed by atoms with Crippen LogP contribution in [0.1, 0.15) is 33.1 Å². The molecular formula is C12H26N2O. The zero-order valence-electron chi connectivity index (χ0n) is 10.2. The highest BCUT2D eigenvalue weighted by atomic mass is 16.5. The van der Waals surface area contributed by atoms with Gasteiger partial charge in [0.1, 0.15) is 0 Å². The smallest absolute Gasteiger partial charge is 0.0551 e. The van der Waals surface area contributed by atoms with Gasteiger partial charge in [-0.05, 0) is 51.7 Å². The molecule has 1 rings (SSSR count). The highest BCUT2D eigenvalue weighted by molar-refractivity contribution is 4.72. The Morgan fingerprint density at radius 1 is 1.20 bits per heavy atom. The van der Waals surface area contributed by atoms with Gasteiger partial charge in [0.2, 0.25) is 0 Å². The van der Waals surface area contributed by atoms with Crippen LogP contribution in [0.2, 0.25) is 0 Å². The van der Waals surface area contributed by atoms with Gasteiger partial charge in [-0.3, -0.25) is 0 Å². The molecule has 0 aromatic heterocycles. The summed E-state index contributed by atoms with van der Waals surface area (Å²) in [4.78, 5) is 0. The quantitative estimate of drug-likeness (QED) is 0.599. The predicted octanol–water partition coefficient (Wildman–Crippen LogP) is 1.39. The third kappa shape index (κ3) is 6.13. The van der Waals surface area contributed by atoms with Crippen LogP contribution in [0.15, 0.2) is 0 Å². The fraction of sp³-hybridized carbons (Fsp3) is 1.00. The number of ether oxygens (including phenoxy) is 1. The molecule has 2 atom stereocenters. The van der Waals surface area contributed by atoms with Crippen LogP contribution >= 0.6 is 0 Å². The monoisotopic (exact) mass is 214 g/mol. The molecule has 0 aromatic carbocycles. The fourth-order valence-corrected chi connectivity index (χ4v) is 1.99. The topological polar surface area (TPSA) is 33.3 Å². The molecule has 0 saturated carbocycles. The van der Waals surface area contributed by atoms with Crippen molar-refractivity contribution >= 4 is 0 Å². The van der Waals surface area contributed by atoms with E-state index in [-0.39, 0.29) is 0 Å². The van der Waals surface area contributed by atoms with Crippen molar-refractivity contribution in [3.8, 4) is 0 Å². The molecule has 2 N–H and O–H groups in total. The maximum absolute atomic E-state index is 5.52. The molecule has 1 heterocycles. The second-order valence-electron chi connectivity index (χ2n) is 4.55. The van der Waals surface area contributed by atoms with Crippen molar-refractivity contribution in [3.05, 3.63) is 0 Å². The maximum Gasteiger partial charge on any atom is 0.0551 e. The second kappa shape index (κ2) is 8.08. The molecule has 0 spiro atoms. The Hall–Kier alpha value is -0.120. The maximum atomic E-state index is 5.52. The molecule has 0 aliphatic carbocycles. The minimum absolute atomic E-state index is 0.475. The minimum Gasteiger partial charge on any atom is -0.378 e. The molecule has 15 heavy (non-hydrogen) atoms. The first-order chi connectivity index (χ1) is 7.33. The molecule has 2 unspecified atom stereocenters. The van der Waals surface area contributed by atoms with Gasteiger partial charge in [-0.1, -0.05) is 6.92 Å². The van der Waals surface area contributed by atoms with Crippen LogP contribution in [0.25, 0.3) is 0 Å². The van der Waals surface area contributed by atoms with Gasteiger partial charge in [0.05, 0.1) is 12.7 Å². The first kappa shape index (κ1) is 12.9. The van der Waals surface area contributed by atoms with Gasteiger partial charge >= 0.3 is 0 Å². The molecular weight excluding hydrogens is 188 g/mol. The molecule has 3 heteroatoms. The Bertz CT molecular complexity index is 153. The fourth-order valence-electron chi connectivity index (χ4n) is 1.99. The zero-order valence-corrected chi connectivity index (χ0v) is 10.2. The summed E-state index contributed by atoms with van der Waals surface area (Å²) in [5.74, 6) is 0.739. The van der Waals surface area contributed by atoms with Crippen LogP contribution < -0.4 is 10.6 Å². The van der Waals surface area contributed by atoms with Gasteiger partial charge in [0.25, 0.3) is 0 Å². The second-order valence-corrected chi connectivity index (χ2v) is 4.55. The summed E-state index contributed by atoms with van der Waals surface area (Å²) in [6, 6.07) is 0. The molecule has 0 amide bonds. The summed E-state index contributed by atoms with van der Waals surface area (Å²) < 4.78 is 5.52. The van der Waals surface area contributed by atoms with E-state index in [1.165, 1.54) is 19.3 Å². The summed E-state index contributed by atoms with van der Waals surface area (Å²) >= 11 is 0. The van der Waals surface area contributed by atoms with E-state index in [0.29, 0.717) is 6.10 Å². The van der Waals surface area contributed by atoms with Crippen LogP contribution in [0, 0.1) is 5.92 Å². The highest BCUT2D eigenvalue weighted by Gasteiger charge is 2.20. The van der Waals surface area contributed by atoms with Gasteiger partial charge in [0, 0.05) is 6.54 Å². The van der Waals surface area contributed by atoms with Crippen LogP contribution in [-0.2, 0) is 4.74 Å². The van der Waals surface area contributed by atoms with Crippen LogP contribution in [-0.4, -0.2) is 38.9 Å². The largest absolute Gasteiger partial charge is 0.378 e. The van der Waals surface area contributed by atoms with Crippen molar-refractivity contribution in [2.24, 2.45) is 5.92 Å². The van der Waals surface area contributed by atoms with Crippen molar-refractivity contribution in [3.63, 3.8) is 0 Å². The molecule has 0 aromatic rings. The first-order valence-electron chi connectivity index (χ1n) is 6.36. The molecule has 0 radical (unpaired) electrons. The Labute approximate surface area is 94.0 Å². The summed E-state index contributed by atoms with van der Waals surface area (Å²) in [6.45, 7) is 9.84. The molecule has 3 nitrogen and oxygen atoms in total. The molecule has 1 saturated heterocycles. The van der Waals surface area contributed by atoms with Crippen molar-refractivity contribution in [2.75, 3.05) is 32.8 Å². The SMILES string of the molecule is CCCNCCCNCC1COC(C)C1. The lowest BCUT2D eigenvalue weighted by Gasteiger charge is -2.09. The Morgan fingerprint density at radius 3 is 2.67 bits per heavy atom. The molecule has 1 fully saturated rings. The van der Waals surface area contributed by atoms with Crippen LogP contribution in [0.5, 0.6) is 0 Å². The number of nitrogens with one attached hydrogen (secondary N) is 2. The lowest BCUT2D eigenvalue weighted by atomic mass is 10.1. The third-order valence-electron chi connectivity index (χ3n) is 2.85. The van der Waals surface area contributed by atoms with Crippen molar-refractivity contribution in [2.45, 2.75) is 39.2 Å². The van der Waals surface area contributed by atoms with Crippen LogP contribution in [0.4, 0.5) is 0 Å². The van der Waals surface area contributed by atoms with Gasteiger partial charge in [-0.15, -0.1) is 0 Å². The van der Waals surface area contributed by atoms with Crippen molar-refractivity contribution < 1.29 is 4.74 Å². The number of hydrogen-bond donors (Lipinski definition) is 2. The summed E-state index contributed by atoms with van der Waals surface area (Å²) in [6.07, 6.45) is 4.15. The van der Waals surface area contributed by atoms with E-state index in [1.54, 1.807) is 0 Å². The third-order valence-corrected chi connectivity index (χ3v) is 2.85. The molecule has 90 valence electrons. The summed E-state index contributed by atoms with van der Waals surface area (Å²) in [5, 5.41) is 6.91. The predicted molar refractivity (Wildman–Crippen MR) is 64.2 cm³/mol. The van der Waals surface area contributed by atoms with Crippen molar-refractivity contribution in [1.82, 2.24) is 10.6 Å².